The second-order valence-corrected chi connectivity index (χ2v) is 11.4. The van der Waals surface area contributed by atoms with Crippen LogP contribution in [0.2, 0.25) is 0 Å². The first kappa shape index (κ1) is 30.7. The van der Waals surface area contributed by atoms with E-state index in [1.165, 1.54) is 0 Å². The number of benzene rings is 3. The van der Waals surface area contributed by atoms with Crippen molar-refractivity contribution in [2.75, 3.05) is 6.61 Å². The lowest BCUT2D eigenvalue weighted by atomic mass is 9.93. The minimum absolute atomic E-state index is 0.0834. The number of hydrogen-bond acceptors (Lipinski definition) is 5. The molecule has 42 heavy (non-hydrogen) atoms. The molecule has 220 valence electrons. The number of epoxide rings is 1. The molecule has 3 aromatic rings. The molecule has 0 radical (unpaired) electrons. The zero-order valence-electron chi connectivity index (χ0n) is 24.3. The molecule has 0 bridgehead atoms. The molecule has 1 aliphatic heterocycles. The van der Waals surface area contributed by atoms with Crippen molar-refractivity contribution in [1.29, 1.82) is 0 Å². The SMILES string of the molecule is CC(C)C[C@H](NC(=O)CC(NC(=O)[C@H](Cc1ccccc1)NC(=O)c1ccccc1)c1ccccc1)C(=O)[C@@]1(C)CO1. The molecule has 0 aliphatic carbocycles. The number of ether oxygens (including phenoxy) is 1. The quantitative estimate of drug-likeness (QED) is 0.252. The normalized spacial score (nSPS) is 17.9. The van der Waals surface area contributed by atoms with E-state index in [4.69, 9.17) is 4.74 Å². The van der Waals surface area contributed by atoms with Crippen molar-refractivity contribution < 1.29 is 23.9 Å². The molecule has 1 unspecified atom stereocenters. The first-order valence-corrected chi connectivity index (χ1v) is 14.4. The van der Waals surface area contributed by atoms with Crippen molar-refractivity contribution >= 4 is 23.5 Å². The Morgan fingerprint density at radius 3 is 1.93 bits per heavy atom. The van der Waals surface area contributed by atoms with Crippen molar-refractivity contribution in [3.63, 3.8) is 0 Å². The van der Waals surface area contributed by atoms with Gasteiger partial charge in [-0.2, -0.15) is 0 Å². The fraction of sp³-hybridized carbons (Fsp3) is 0.353. The summed E-state index contributed by atoms with van der Waals surface area (Å²) in [7, 11) is 0. The number of ketones is 1. The molecule has 3 aromatic carbocycles. The van der Waals surface area contributed by atoms with Crippen LogP contribution in [0.3, 0.4) is 0 Å². The number of amides is 3. The van der Waals surface area contributed by atoms with Crippen molar-refractivity contribution in [3.05, 3.63) is 108 Å². The highest BCUT2D eigenvalue weighted by Crippen LogP contribution is 2.30. The Kier molecular flexibility index (Phi) is 10.3. The zero-order chi connectivity index (χ0) is 30.1. The molecule has 1 saturated heterocycles. The fourth-order valence-electron chi connectivity index (χ4n) is 4.86. The van der Waals surface area contributed by atoms with Gasteiger partial charge >= 0.3 is 0 Å². The molecular weight excluding hydrogens is 530 g/mol. The third-order valence-electron chi connectivity index (χ3n) is 7.31. The van der Waals surface area contributed by atoms with E-state index >= 15 is 0 Å². The van der Waals surface area contributed by atoms with Crippen LogP contribution in [-0.2, 0) is 25.5 Å². The van der Waals surface area contributed by atoms with Crippen molar-refractivity contribution in [3.8, 4) is 0 Å². The molecule has 8 nitrogen and oxygen atoms in total. The largest absolute Gasteiger partial charge is 0.361 e. The van der Waals surface area contributed by atoms with Crippen molar-refractivity contribution in [1.82, 2.24) is 16.0 Å². The minimum atomic E-state index is -0.892. The van der Waals surface area contributed by atoms with Gasteiger partial charge in [0.2, 0.25) is 11.8 Å². The average Bonchev–Trinajstić information content (AvgIpc) is 3.75. The Hall–Kier alpha value is -4.30. The lowest BCUT2D eigenvalue weighted by Gasteiger charge is -2.26. The van der Waals surface area contributed by atoms with Gasteiger partial charge in [0.05, 0.1) is 25.1 Å². The van der Waals surface area contributed by atoms with Gasteiger partial charge in [-0.1, -0.05) is 92.7 Å². The van der Waals surface area contributed by atoms with Crippen LogP contribution in [0.4, 0.5) is 0 Å². The van der Waals surface area contributed by atoms with Crippen LogP contribution in [0.15, 0.2) is 91.0 Å². The van der Waals surface area contributed by atoms with Gasteiger partial charge in [-0.3, -0.25) is 19.2 Å². The summed E-state index contributed by atoms with van der Waals surface area (Å²) in [5.74, 6) is -1.11. The molecule has 1 heterocycles. The standard InChI is InChI=1S/C34H39N3O5/c1-23(2)19-28(31(39)34(3)22-42-34)35-30(38)21-27(25-15-9-5-10-16-25)36-33(41)29(20-24-13-7-4-8-14-24)37-32(40)26-17-11-6-12-18-26/h4-18,23,27-29H,19-22H2,1-3H3,(H,35,38)(H,36,41)(H,37,40)/t27?,28-,29-,34+/m0/s1. The van der Waals surface area contributed by atoms with Crippen LogP contribution < -0.4 is 16.0 Å². The molecule has 4 rings (SSSR count). The Labute approximate surface area is 247 Å². The number of rotatable bonds is 14. The van der Waals surface area contributed by atoms with Gasteiger partial charge in [-0.05, 0) is 42.5 Å². The van der Waals surface area contributed by atoms with Gasteiger partial charge in [-0.15, -0.1) is 0 Å². The van der Waals surface area contributed by atoms with Crippen molar-refractivity contribution in [2.24, 2.45) is 5.92 Å². The summed E-state index contributed by atoms with van der Waals surface area (Å²) in [4.78, 5) is 53.2. The molecule has 3 N–H and O–H groups in total. The number of Topliss-reactive ketones (excluding diaryl/α,β-unsaturated/α-hetero) is 1. The van der Waals surface area contributed by atoms with E-state index in [9.17, 15) is 19.2 Å². The van der Waals surface area contributed by atoms with E-state index in [1.807, 2.05) is 80.6 Å². The van der Waals surface area contributed by atoms with Gasteiger partial charge < -0.3 is 20.7 Å². The lowest BCUT2D eigenvalue weighted by Crippen LogP contribution is -2.50. The van der Waals surface area contributed by atoms with E-state index in [2.05, 4.69) is 16.0 Å². The first-order chi connectivity index (χ1) is 20.1. The van der Waals surface area contributed by atoms with E-state index < -0.39 is 29.6 Å². The molecule has 4 atom stereocenters. The highest BCUT2D eigenvalue weighted by atomic mass is 16.6. The van der Waals surface area contributed by atoms with Gasteiger partial charge in [0, 0.05) is 12.0 Å². The second kappa shape index (κ2) is 14.0. The summed E-state index contributed by atoms with van der Waals surface area (Å²) in [6.45, 7) is 6.06. The molecule has 3 amide bonds. The second-order valence-electron chi connectivity index (χ2n) is 11.4. The summed E-state index contributed by atoms with van der Waals surface area (Å²) >= 11 is 0. The maximum Gasteiger partial charge on any atom is 0.251 e. The number of nitrogens with one attached hydrogen (secondary N) is 3. The van der Waals surface area contributed by atoms with E-state index in [0.717, 1.165) is 11.1 Å². The predicted octanol–water partition coefficient (Wildman–Crippen LogP) is 4.16. The summed E-state index contributed by atoms with van der Waals surface area (Å²) in [6.07, 6.45) is 0.666. The molecule has 0 spiro atoms. The Morgan fingerprint density at radius 1 is 0.786 bits per heavy atom. The third-order valence-corrected chi connectivity index (χ3v) is 7.31. The summed E-state index contributed by atoms with van der Waals surface area (Å²) in [5, 5.41) is 8.78. The fourth-order valence-corrected chi connectivity index (χ4v) is 4.86. The maximum absolute atomic E-state index is 13.8. The zero-order valence-corrected chi connectivity index (χ0v) is 24.3. The van der Waals surface area contributed by atoms with Crippen LogP contribution in [0.5, 0.6) is 0 Å². The predicted molar refractivity (Wildman–Crippen MR) is 161 cm³/mol. The number of carbonyl (C=O) groups excluding carboxylic acids is 4. The van der Waals surface area contributed by atoms with Gasteiger partial charge in [0.15, 0.2) is 5.78 Å². The Bertz CT molecular complexity index is 1360. The number of carbonyl (C=O) groups is 4. The lowest BCUT2D eigenvalue weighted by molar-refractivity contribution is -0.131. The highest BCUT2D eigenvalue weighted by molar-refractivity contribution is 5.98. The van der Waals surface area contributed by atoms with E-state index in [-0.39, 0.29) is 36.4 Å². The number of hydrogen-bond donors (Lipinski definition) is 3. The first-order valence-electron chi connectivity index (χ1n) is 14.4. The summed E-state index contributed by atoms with van der Waals surface area (Å²) in [6, 6.07) is 25.1. The highest BCUT2D eigenvalue weighted by Gasteiger charge is 2.50. The van der Waals surface area contributed by atoms with Gasteiger partial charge in [0.25, 0.3) is 5.91 Å². The Morgan fingerprint density at radius 2 is 1.36 bits per heavy atom. The van der Waals surface area contributed by atoms with Gasteiger partial charge in [-0.25, -0.2) is 0 Å². The van der Waals surface area contributed by atoms with E-state index in [1.54, 1.807) is 31.2 Å². The average molecular weight is 570 g/mol. The smallest absolute Gasteiger partial charge is 0.251 e. The minimum Gasteiger partial charge on any atom is -0.361 e. The Balaban J connectivity index is 1.52. The van der Waals surface area contributed by atoms with Crippen LogP contribution >= 0.6 is 0 Å². The van der Waals surface area contributed by atoms with Crippen LogP contribution in [-0.4, -0.2) is 47.8 Å². The molecule has 1 fully saturated rings. The third kappa shape index (κ3) is 8.60. The topological polar surface area (TPSA) is 117 Å². The van der Waals surface area contributed by atoms with Crippen LogP contribution in [0.1, 0.15) is 61.1 Å². The summed E-state index contributed by atoms with van der Waals surface area (Å²) < 4.78 is 5.35. The van der Waals surface area contributed by atoms with Gasteiger partial charge in [0.1, 0.15) is 11.6 Å². The molecular formula is C34H39N3O5. The molecule has 0 aromatic heterocycles. The molecule has 0 saturated carbocycles. The molecule has 8 heteroatoms. The van der Waals surface area contributed by atoms with E-state index in [0.29, 0.717) is 18.6 Å². The van der Waals surface area contributed by atoms with Crippen LogP contribution in [0, 0.1) is 5.92 Å². The summed E-state index contributed by atoms with van der Waals surface area (Å²) in [5.41, 5.74) is 1.20. The van der Waals surface area contributed by atoms with Crippen LogP contribution in [0.25, 0.3) is 0 Å². The molecule has 1 aliphatic rings. The maximum atomic E-state index is 13.8. The van der Waals surface area contributed by atoms with Crippen molar-refractivity contribution in [2.45, 2.75) is 63.8 Å². The monoisotopic (exact) mass is 569 g/mol.